The number of amides is 1. The van der Waals surface area contributed by atoms with E-state index < -0.39 is 10.0 Å². The van der Waals surface area contributed by atoms with Gasteiger partial charge >= 0.3 is 0 Å². The average Bonchev–Trinajstić information content (AvgIpc) is 3.43. The number of ether oxygens (including phenoxy) is 1. The van der Waals surface area contributed by atoms with Crippen molar-refractivity contribution in [2.24, 2.45) is 5.92 Å². The van der Waals surface area contributed by atoms with Crippen molar-refractivity contribution in [2.75, 3.05) is 39.4 Å². The van der Waals surface area contributed by atoms with E-state index in [0.717, 1.165) is 27.8 Å². The van der Waals surface area contributed by atoms with Crippen LogP contribution in [0.3, 0.4) is 0 Å². The van der Waals surface area contributed by atoms with Crippen LogP contribution >= 0.6 is 11.3 Å². The Morgan fingerprint density at radius 2 is 1.96 bits per heavy atom. The number of hydrogen-bond acceptors (Lipinski definition) is 6. The molecular formula is C18H19N3O4S2. The zero-order valence-electron chi connectivity index (χ0n) is 14.6. The van der Waals surface area contributed by atoms with E-state index in [1.807, 2.05) is 4.90 Å². The molecule has 0 N–H and O–H groups in total. The Balaban J connectivity index is 1.30. The van der Waals surface area contributed by atoms with Crippen molar-refractivity contribution >= 4 is 37.5 Å². The number of carbonyl (C=O) groups excluding carboxylic acids is 1. The first-order valence-electron chi connectivity index (χ1n) is 8.92. The molecule has 0 saturated carbocycles. The van der Waals surface area contributed by atoms with Crippen LogP contribution in [-0.2, 0) is 19.6 Å². The molecule has 1 unspecified atom stereocenters. The molecule has 0 aliphatic carbocycles. The van der Waals surface area contributed by atoms with Gasteiger partial charge in [0, 0.05) is 32.8 Å². The molecule has 7 nitrogen and oxygen atoms in total. The Hall–Kier alpha value is -1.81. The summed E-state index contributed by atoms with van der Waals surface area (Å²) in [6.45, 7) is 2.94. The third-order valence-electron chi connectivity index (χ3n) is 5.53. The van der Waals surface area contributed by atoms with Crippen molar-refractivity contribution in [1.82, 2.24) is 14.2 Å². The number of benzene rings is 1. The minimum atomic E-state index is -3.56. The van der Waals surface area contributed by atoms with E-state index in [-0.39, 0.29) is 11.8 Å². The third kappa shape index (κ3) is 2.89. The topological polar surface area (TPSA) is 79.8 Å². The van der Waals surface area contributed by atoms with E-state index in [1.54, 1.807) is 23.7 Å². The monoisotopic (exact) mass is 405 g/mol. The number of carbonyl (C=O) groups is 1. The van der Waals surface area contributed by atoms with Crippen LogP contribution in [0.25, 0.3) is 10.2 Å². The number of hydrogen-bond donors (Lipinski definition) is 0. The molecule has 1 aromatic carbocycles. The standard InChI is InChI=1S/C18H19N3O4S2/c22-18(12-3-4-25-10-12)20-6-13-8-21(9-14(13)7-20)27(23,24)15-1-2-16-17(5-15)26-11-19-16/h1-2,5,11-12H,3-4,6-10H2. The van der Waals surface area contributed by atoms with Crippen molar-refractivity contribution in [3.63, 3.8) is 0 Å². The second-order valence-corrected chi connectivity index (χ2v) is 10.0. The maximum Gasteiger partial charge on any atom is 0.243 e. The molecule has 3 aliphatic rings. The summed E-state index contributed by atoms with van der Waals surface area (Å²) in [4.78, 5) is 18.9. The quantitative estimate of drug-likeness (QED) is 0.723. The molecule has 1 fully saturated rings. The second kappa shape index (κ2) is 6.37. The van der Waals surface area contributed by atoms with Gasteiger partial charge in [0.25, 0.3) is 0 Å². The summed E-state index contributed by atoms with van der Waals surface area (Å²) in [6, 6.07) is 5.07. The molecule has 9 heteroatoms. The summed E-state index contributed by atoms with van der Waals surface area (Å²) in [7, 11) is -3.56. The van der Waals surface area contributed by atoms with Crippen LogP contribution in [0, 0.1) is 5.92 Å². The molecular weight excluding hydrogens is 386 g/mol. The van der Waals surface area contributed by atoms with Crippen LogP contribution in [0.5, 0.6) is 0 Å². The lowest BCUT2D eigenvalue weighted by Crippen LogP contribution is -2.39. The maximum atomic E-state index is 13.0. The van der Waals surface area contributed by atoms with Gasteiger partial charge in [0.05, 0.1) is 33.1 Å². The second-order valence-electron chi connectivity index (χ2n) is 7.22. The summed E-state index contributed by atoms with van der Waals surface area (Å²) >= 11 is 1.43. The predicted molar refractivity (Wildman–Crippen MR) is 101 cm³/mol. The zero-order valence-corrected chi connectivity index (χ0v) is 16.3. The summed E-state index contributed by atoms with van der Waals surface area (Å²) in [5.74, 6) is 0.0861. The van der Waals surface area contributed by atoms with Crippen molar-refractivity contribution in [3.8, 4) is 0 Å². The molecule has 1 saturated heterocycles. The van der Waals surface area contributed by atoms with E-state index in [0.29, 0.717) is 44.3 Å². The van der Waals surface area contributed by atoms with E-state index in [4.69, 9.17) is 4.74 Å². The summed E-state index contributed by atoms with van der Waals surface area (Å²) in [6.07, 6.45) is 0.778. The first-order valence-corrected chi connectivity index (χ1v) is 11.2. The molecule has 3 aliphatic heterocycles. The van der Waals surface area contributed by atoms with Gasteiger partial charge in [-0.25, -0.2) is 13.4 Å². The van der Waals surface area contributed by atoms with Crippen molar-refractivity contribution in [3.05, 3.63) is 34.9 Å². The van der Waals surface area contributed by atoms with E-state index >= 15 is 0 Å². The molecule has 1 atom stereocenters. The first-order chi connectivity index (χ1) is 13.0. The smallest absolute Gasteiger partial charge is 0.243 e. The number of fused-ring (bicyclic) bond motifs is 1. The van der Waals surface area contributed by atoms with Gasteiger partial charge < -0.3 is 9.64 Å². The zero-order chi connectivity index (χ0) is 18.6. The largest absolute Gasteiger partial charge is 0.381 e. The molecule has 27 heavy (non-hydrogen) atoms. The number of rotatable bonds is 3. The lowest BCUT2D eigenvalue weighted by atomic mass is 10.1. The number of sulfonamides is 1. The minimum absolute atomic E-state index is 0.0454. The van der Waals surface area contributed by atoms with Crippen LogP contribution in [-0.4, -0.2) is 67.9 Å². The Kier molecular flexibility index (Phi) is 4.08. The Morgan fingerprint density at radius 1 is 1.19 bits per heavy atom. The lowest BCUT2D eigenvalue weighted by Gasteiger charge is -2.24. The third-order valence-corrected chi connectivity index (χ3v) is 8.11. The first kappa shape index (κ1) is 17.3. The number of thiazole rings is 1. The molecule has 1 amide bonds. The van der Waals surface area contributed by atoms with Gasteiger partial charge in [0.15, 0.2) is 0 Å². The Morgan fingerprint density at radius 3 is 2.67 bits per heavy atom. The number of aromatic nitrogens is 1. The van der Waals surface area contributed by atoms with Crippen molar-refractivity contribution in [2.45, 2.75) is 11.3 Å². The highest BCUT2D eigenvalue weighted by molar-refractivity contribution is 7.89. The van der Waals surface area contributed by atoms with E-state index in [1.165, 1.54) is 15.6 Å². The van der Waals surface area contributed by atoms with E-state index in [2.05, 4.69) is 4.98 Å². The predicted octanol–water partition coefficient (Wildman–Crippen LogP) is 1.48. The highest BCUT2D eigenvalue weighted by Crippen LogP contribution is 2.32. The fourth-order valence-electron chi connectivity index (χ4n) is 4.00. The van der Waals surface area contributed by atoms with Crippen LogP contribution in [0.2, 0.25) is 0 Å². The molecule has 0 spiro atoms. The molecule has 1 aromatic heterocycles. The highest BCUT2D eigenvalue weighted by Gasteiger charge is 2.39. The number of nitrogens with zero attached hydrogens (tertiary/aromatic N) is 3. The van der Waals surface area contributed by atoms with Gasteiger partial charge in [-0.3, -0.25) is 4.79 Å². The van der Waals surface area contributed by atoms with Crippen LogP contribution in [0.15, 0.2) is 39.8 Å². The summed E-state index contributed by atoms with van der Waals surface area (Å²) in [5.41, 5.74) is 4.65. The van der Waals surface area contributed by atoms with Gasteiger partial charge in [0.1, 0.15) is 0 Å². The molecule has 5 rings (SSSR count). The highest BCUT2D eigenvalue weighted by atomic mass is 32.2. The summed E-state index contributed by atoms with van der Waals surface area (Å²) < 4.78 is 33.8. The normalized spacial score (nSPS) is 23.6. The maximum absolute atomic E-state index is 13.0. The molecule has 142 valence electrons. The van der Waals surface area contributed by atoms with Gasteiger partial charge in [-0.1, -0.05) is 0 Å². The van der Waals surface area contributed by atoms with Crippen molar-refractivity contribution < 1.29 is 17.9 Å². The van der Waals surface area contributed by atoms with Crippen LogP contribution < -0.4 is 0 Å². The van der Waals surface area contributed by atoms with E-state index in [9.17, 15) is 13.2 Å². The fourth-order valence-corrected chi connectivity index (χ4v) is 6.25. The Bertz CT molecular complexity index is 1040. The molecule has 2 aromatic rings. The van der Waals surface area contributed by atoms with Crippen LogP contribution in [0.4, 0.5) is 0 Å². The fraction of sp³-hybridized carbons (Fsp3) is 0.444. The van der Waals surface area contributed by atoms with Gasteiger partial charge in [-0.2, -0.15) is 4.31 Å². The Labute approximate surface area is 161 Å². The average molecular weight is 406 g/mol. The summed E-state index contributed by atoms with van der Waals surface area (Å²) in [5, 5.41) is 0. The molecule has 4 heterocycles. The van der Waals surface area contributed by atoms with Crippen molar-refractivity contribution in [1.29, 1.82) is 0 Å². The molecule has 0 radical (unpaired) electrons. The molecule has 0 bridgehead atoms. The lowest BCUT2D eigenvalue weighted by molar-refractivity contribution is -0.134. The SMILES string of the molecule is O=C(C1CCOC1)N1CC2=C(C1)CN(S(=O)(=O)c1ccc3ncsc3c1)C2. The van der Waals surface area contributed by atoms with Crippen LogP contribution in [0.1, 0.15) is 6.42 Å². The van der Waals surface area contributed by atoms with Gasteiger partial charge in [0.2, 0.25) is 15.9 Å². The van der Waals surface area contributed by atoms with Gasteiger partial charge in [-0.15, -0.1) is 11.3 Å². The minimum Gasteiger partial charge on any atom is -0.381 e. The van der Waals surface area contributed by atoms with Gasteiger partial charge in [-0.05, 0) is 35.8 Å².